The number of halogens is 2. The van der Waals surface area contributed by atoms with Crippen molar-refractivity contribution in [1.82, 2.24) is 14.9 Å². The van der Waals surface area contributed by atoms with Crippen LogP contribution < -0.4 is 9.80 Å². The summed E-state index contributed by atoms with van der Waals surface area (Å²) >= 11 is 0. The molecule has 140 valence electrons. The number of benzene rings is 1. The molecule has 26 heavy (non-hydrogen) atoms. The molecule has 1 saturated heterocycles. The van der Waals surface area contributed by atoms with Crippen LogP contribution in [0.25, 0.3) is 0 Å². The van der Waals surface area contributed by atoms with E-state index in [1.165, 1.54) is 18.2 Å². The van der Waals surface area contributed by atoms with Crippen molar-refractivity contribution in [2.75, 3.05) is 44.0 Å². The van der Waals surface area contributed by atoms with E-state index in [9.17, 15) is 8.78 Å². The zero-order valence-electron chi connectivity index (χ0n) is 15.5. The van der Waals surface area contributed by atoms with Crippen LogP contribution in [0.1, 0.15) is 18.4 Å². The zero-order chi connectivity index (χ0) is 18.7. The van der Waals surface area contributed by atoms with Crippen molar-refractivity contribution in [3.63, 3.8) is 0 Å². The second-order valence-electron chi connectivity index (χ2n) is 6.93. The molecule has 0 unspecified atom stereocenters. The Bertz CT molecular complexity index is 724. The van der Waals surface area contributed by atoms with Crippen LogP contribution in [0, 0.1) is 11.6 Å². The van der Waals surface area contributed by atoms with Gasteiger partial charge in [-0.3, -0.25) is 4.90 Å². The number of hydrogen-bond donors (Lipinski definition) is 0. The van der Waals surface area contributed by atoms with Crippen molar-refractivity contribution in [1.29, 1.82) is 0 Å². The van der Waals surface area contributed by atoms with E-state index in [0.29, 0.717) is 18.5 Å². The van der Waals surface area contributed by atoms with E-state index < -0.39 is 11.6 Å². The van der Waals surface area contributed by atoms with E-state index in [2.05, 4.69) is 19.8 Å². The van der Waals surface area contributed by atoms with Gasteiger partial charge in [0.2, 0.25) is 5.95 Å². The SMILES string of the molecule is CN(C)c1nccc(N(C)C2CCN(Cc3c(F)cccc3F)CC2)n1. The maximum atomic E-state index is 13.8. The fraction of sp³-hybridized carbons (Fsp3) is 0.474. The van der Waals surface area contributed by atoms with Crippen LogP contribution in [-0.2, 0) is 6.54 Å². The fourth-order valence-corrected chi connectivity index (χ4v) is 3.31. The molecular formula is C19H25F2N5. The molecule has 1 aromatic carbocycles. The summed E-state index contributed by atoms with van der Waals surface area (Å²) < 4.78 is 27.7. The number of hydrogen-bond acceptors (Lipinski definition) is 5. The summed E-state index contributed by atoms with van der Waals surface area (Å²) in [5.41, 5.74) is 0.158. The average Bonchev–Trinajstić information content (AvgIpc) is 2.65. The number of rotatable bonds is 5. The van der Waals surface area contributed by atoms with Crippen LogP contribution in [0.3, 0.4) is 0 Å². The second-order valence-corrected chi connectivity index (χ2v) is 6.93. The Morgan fingerprint density at radius 1 is 1.08 bits per heavy atom. The maximum Gasteiger partial charge on any atom is 0.226 e. The Morgan fingerprint density at radius 2 is 1.73 bits per heavy atom. The van der Waals surface area contributed by atoms with E-state index in [1.807, 2.05) is 32.1 Å². The molecule has 3 rings (SSSR count). The van der Waals surface area contributed by atoms with Crippen LogP contribution in [0.5, 0.6) is 0 Å². The van der Waals surface area contributed by atoms with Gasteiger partial charge in [0.05, 0.1) is 0 Å². The van der Waals surface area contributed by atoms with Gasteiger partial charge in [-0.15, -0.1) is 0 Å². The van der Waals surface area contributed by atoms with Gasteiger partial charge in [-0.1, -0.05) is 6.07 Å². The fourth-order valence-electron chi connectivity index (χ4n) is 3.31. The van der Waals surface area contributed by atoms with Crippen molar-refractivity contribution in [2.45, 2.75) is 25.4 Å². The van der Waals surface area contributed by atoms with Crippen molar-refractivity contribution in [2.24, 2.45) is 0 Å². The van der Waals surface area contributed by atoms with Gasteiger partial charge < -0.3 is 9.80 Å². The summed E-state index contributed by atoms with van der Waals surface area (Å²) in [4.78, 5) is 15.0. The molecule has 1 aliphatic heterocycles. The van der Waals surface area contributed by atoms with Gasteiger partial charge in [-0.05, 0) is 31.0 Å². The molecule has 1 aromatic heterocycles. The molecule has 0 radical (unpaired) electrons. The Hall–Kier alpha value is -2.28. The first kappa shape index (κ1) is 18.5. The molecule has 0 atom stereocenters. The van der Waals surface area contributed by atoms with E-state index in [4.69, 9.17) is 0 Å². The molecule has 0 aliphatic carbocycles. The lowest BCUT2D eigenvalue weighted by molar-refractivity contribution is 0.198. The molecule has 7 heteroatoms. The van der Waals surface area contributed by atoms with Gasteiger partial charge in [0.1, 0.15) is 17.5 Å². The highest BCUT2D eigenvalue weighted by Gasteiger charge is 2.25. The third kappa shape index (κ3) is 4.09. The predicted octanol–water partition coefficient (Wildman–Crippen LogP) is 2.92. The Kier molecular flexibility index (Phi) is 5.66. The first-order valence-corrected chi connectivity index (χ1v) is 8.84. The predicted molar refractivity (Wildman–Crippen MR) is 99.4 cm³/mol. The first-order valence-electron chi connectivity index (χ1n) is 8.84. The number of likely N-dealkylation sites (tertiary alicyclic amines) is 1. The summed E-state index contributed by atoms with van der Waals surface area (Å²) in [7, 11) is 5.87. The molecule has 0 amide bonds. The quantitative estimate of drug-likeness (QED) is 0.818. The largest absolute Gasteiger partial charge is 0.356 e. The minimum Gasteiger partial charge on any atom is -0.356 e. The average molecular weight is 361 g/mol. The molecule has 1 fully saturated rings. The van der Waals surface area contributed by atoms with Gasteiger partial charge in [0, 0.05) is 58.6 Å². The molecule has 5 nitrogen and oxygen atoms in total. The summed E-state index contributed by atoms with van der Waals surface area (Å²) in [6.45, 7) is 1.91. The Labute approximate surface area is 153 Å². The van der Waals surface area contributed by atoms with E-state index in [-0.39, 0.29) is 5.56 Å². The molecule has 2 aromatic rings. The van der Waals surface area contributed by atoms with E-state index >= 15 is 0 Å². The van der Waals surface area contributed by atoms with Crippen LogP contribution in [0.2, 0.25) is 0 Å². The summed E-state index contributed by atoms with van der Waals surface area (Å²) in [6.07, 6.45) is 3.62. The normalized spacial score (nSPS) is 15.9. The van der Waals surface area contributed by atoms with Gasteiger partial charge in [0.25, 0.3) is 0 Å². The number of anilines is 2. The van der Waals surface area contributed by atoms with E-state index in [1.54, 1.807) is 6.20 Å². The molecular weight excluding hydrogens is 336 g/mol. The van der Waals surface area contributed by atoms with Crippen LogP contribution in [-0.4, -0.2) is 55.1 Å². The van der Waals surface area contributed by atoms with Gasteiger partial charge in [0.15, 0.2) is 0 Å². The number of nitrogens with zero attached hydrogens (tertiary/aromatic N) is 5. The molecule has 2 heterocycles. The molecule has 0 N–H and O–H groups in total. The summed E-state index contributed by atoms with van der Waals surface area (Å²) in [6, 6.07) is 6.29. The van der Waals surface area contributed by atoms with Gasteiger partial charge in [-0.25, -0.2) is 13.8 Å². The Balaban J connectivity index is 1.60. The van der Waals surface area contributed by atoms with Crippen molar-refractivity contribution in [3.05, 3.63) is 47.7 Å². The van der Waals surface area contributed by atoms with Crippen molar-refractivity contribution < 1.29 is 8.78 Å². The summed E-state index contributed by atoms with van der Waals surface area (Å²) in [5, 5.41) is 0. The van der Waals surface area contributed by atoms with Crippen LogP contribution in [0.4, 0.5) is 20.5 Å². The first-order chi connectivity index (χ1) is 12.5. The molecule has 0 saturated carbocycles. The van der Waals surface area contributed by atoms with Crippen LogP contribution in [0.15, 0.2) is 30.5 Å². The lowest BCUT2D eigenvalue weighted by Crippen LogP contribution is -2.43. The number of piperidine rings is 1. The number of aromatic nitrogens is 2. The monoisotopic (exact) mass is 361 g/mol. The maximum absolute atomic E-state index is 13.8. The lowest BCUT2D eigenvalue weighted by atomic mass is 10.0. The molecule has 0 bridgehead atoms. The Morgan fingerprint density at radius 3 is 2.35 bits per heavy atom. The summed E-state index contributed by atoms with van der Waals surface area (Å²) in [5.74, 6) is 0.631. The topological polar surface area (TPSA) is 35.5 Å². The molecule has 0 spiro atoms. The highest BCUT2D eigenvalue weighted by atomic mass is 19.1. The highest BCUT2D eigenvalue weighted by molar-refractivity contribution is 5.43. The molecule has 1 aliphatic rings. The van der Waals surface area contributed by atoms with Gasteiger partial charge >= 0.3 is 0 Å². The minimum absolute atomic E-state index is 0.158. The van der Waals surface area contributed by atoms with Crippen molar-refractivity contribution in [3.8, 4) is 0 Å². The second kappa shape index (κ2) is 7.95. The smallest absolute Gasteiger partial charge is 0.226 e. The highest BCUT2D eigenvalue weighted by Crippen LogP contribution is 2.23. The third-order valence-electron chi connectivity index (χ3n) is 4.94. The third-order valence-corrected chi connectivity index (χ3v) is 4.94. The van der Waals surface area contributed by atoms with Crippen LogP contribution >= 0.6 is 0 Å². The van der Waals surface area contributed by atoms with E-state index in [0.717, 1.165) is 31.7 Å². The van der Waals surface area contributed by atoms with Gasteiger partial charge in [-0.2, -0.15) is 4.98 Å². The zero-order valence-corrected chi connectivity index (χ0v) is 15.5. The lowest BCUT2D eigenvalue weighted by Gasteiger charge is -2.37. The van der Waals surface area contributed by atoms with Crippen molar-refractivity contribution >= 4 is 11.8 Å². The minimum atomic E-state index is -0.471. The standard InChI is InChI=1S/C19H25F2N5/c1-24(2)19-22-10-7-18(23-19)25(3)14-8-11-26(12-9-14)13-15-16(20)5-4-6-17(15)21/h4-7,10,14H,8-9,11-13H2,1-3H3.